The molecule has 4 amide bonds. The van der Waals surface area contributed by atoms with Gasteiger partial charge >= 0.3 is 48.3 Å². The Bertz CT molecular complexity index is 3180. The zero-order chi connectivity index (χ0) is 71.1. The van der Waals surface area contributed by atoms with Gasteiger partial charge in [-0.3, -0.25) is 19.3 Å². The van der Waals surface area contributed by atoms with Gasteiger partial charge in [-0.2, -0.15) is 26.3 Å². The molecule has 8 atom stereocenters. The summed E-state index contributed by atoms with van der Waals surface area (Å²) >= 11 is 0. The zero-order valence-electron chi connectivity index (χ0n) is 55.4. The highest BCUT2D eigenvalue weighted by Gasteiger charge is 2.45. The number of nitrogens with zero attached hydrogens (tertiary/aromatic N) is 4. The molecule has 27 heteroatoms. The summed E-state index contributed by atoms with van der Waals surface area (Å²) in [6.07, 6.45) is -15.2. The van der Waals surface area contributed by atoms with E-state index in [1.807, 2.05) is 5.73 Å². The second-order valence-corrected chi connectivity index (χ2v) is 25.7. The van der Waals surface area contributed by atoms with Crippen LogP contribution < -0.4 is 0 Å². The molecule has 0 heterocycles. The molecule has 1 aromatic carbocycles. The van der Waals surface area contributed by atoms with Gasteiger partial charge in [0.05, 0.1) is 5.56 Å². The molecule has 0 fully saturated rings. The molecule has 0 unspecified atom stereocenters. The highest BCUT2D eigenvalue weighted by atomic mass is 19.4. The SMILES string of the molecule is CC(C)C[C@@H](C(=O)O[C@H](C)C(=O)N(C)[C@@H](CC(C)(C)F)C(=O)O[C@H](Cc1ccc(C(F)(F)F)cc1)C(=O)N(C)[C@@H](CC(C)C)C(=O)O[C@H](C)C(=O)OCC1=C=C=CC=C1)N(C)C(=O)[C@@H](CC1=C=C=C(C(F)(F)F)C=C1)OC(=O)[C@H](CC(C)(C)F)N(C)C(=O)OC(C)(C)C. The number of likely N-dealkylation sites (N-methyl/N-ethyl adjacent to an activating group) is 4. The Kier molecular flexibility index (Phi) is 28.1. The van der Waals surface area contributed by atoms with Gasteiger partial charge in [-0.05, 0) is 129 Å². The van der Waals surface area contributed by atoms with Gasteiger partial charge in [-0.15, -0.1) is 0 Å². The smallest absolute Gasteiger partial charge is 0.424 e. The lowest BCUT2D eigenvalue weighted by Gasteiger charge is -2.35. The minimum absolute atomic E-state index is 0.00125. The third kappa shape index (κ3) is 25.7. The molecule has 19 nitrogen and oxygen atoms in total. The molecule has 0 saturated carbocycles. The molecule has 0 radical (unpaired) electrons. The Hall–Kier alpha value is -8.23. The van der Waals surface area contributed by atoms with Crippen molar-refractivity contribution in [1.29, 1.82) is 0 Å². The van der Waals surface area contributed by atoms with Gasteiger partial charge in [0.15, 0.2) is 24.4 Å². The van der Waals surface area contributed by atoms with Gasteiger partial charge in [0.2, 0.25) is 0 Å². The standard InChI is InChI=1S/C66H84F8N4O15/c1-38(2)31-47(75(14)55(81)52(34-43-25-29-46(30-26-43)66(72,73)74)92-60(86)50(36-64(12,13)68)78(17)61(87)93-62(7,8)9)57(83)89-40(5)53(79)77(16)49(35-63(10,11)67)59(85)91-51(33-42-23-27-45(28-24-42)65(69,70)71)54(80)76(15)48(32-39(3)4)58(84)90-41(6)56(82)88-37-44-21-19-18-20-22-44/h18-19,21,23-25,27-29,38-41,47-52H,31-37H2,1-17H3/t40-,41-,47+,48+,49+,50+,51-,52-/m1/s1. The molecule has 1 aromatic rings. The van der Waals surface area contributed by atoms with Gasteiger partial charge in [0, 0.05) is 65.0 Å². The normalized spacial score (nSPS) is 15.8. The first-order valence-corrected chi connectivity index (χ1v) is 29.8. The second-order valence-electron chi connectivity index (χ2n) is 25.7. The molecule has 514 valence electrons. The average molecular weight is 1330 g/mol. The molecular formula is C66H84F8N4O15. The van der Waals surface area contributed by atoms with E-state index in [4.69, 9.17) is 28.4 Å². The number of allylic oxidation sites excluding steroid dienone is 5. The number of benzene rings is 1. The first-order chi connectivity index (χ1) is 42.6. The van der Waals surface area contributed by atoms with Crippen molar-refractivity contribution in [3.63, 3.8) is 0 Å². The van der Waals surface area contributed by atoms with Crippen LogP contribution >= 0.6 is 0 Å². The van der Waals surface area contributed by atoms with Gasteiger partial charge in [0.1, 0.15) is 53.3 Å². The second kappa shape index (κ2) is 33.1. The maximum absolute atomic E-state index is 15.9. The summed E-state index contributed by atoms with van der Waals surface area (Å²) in [5, 5.41) is 0. The number of carbonyl (C=O) groups excluding carboxylic acids is 9. The fourth-order valence-corrected chi connectivity index (χ4v) is 9.14. The van der Waals surface area contributed by atoms with Crippen molar-refractivity contribution >= 4 is 53.7 Å². The number of hydrogen-bond acceptors (Lipinski definition) is 15. The van der Waals surface area contributed by atoms with Crippen LogP contribution in [0.3, 0.4) is 0 Å². The largest absolute Gasteiger partial charge is 0.457 e. The topological polar surface area (TPSA) is 222 Å². The average Bonchev–Trinajstić information content (AvgIpc) is 0.914. The van der Waals surface area contributed by atoms with Crippen LogP contribution in [0.5, 0.6) is 0 Å². The van der Waals surface area contributed by atoms with Gasteiger partial charge in [0.25, 0.3) is 17.7 Å². The van der Waals surface area contributed by atoms with Gasteiger partial charge < -0.3 is 43.1 Å². The quantitative estimate of drug-likeness (QED) is 0.0302. The highest BCUT2D eigenvalue weighted by Crippen LogP contribution is 2.32. The maximum atomic E-state index is 15.9. The number of esters is 5. The Morgan fingerprint density at radius 3 is 1.34 bits per heavy atom. The van der Waals surface area contributed by atoms with Crippen LogP contribution in [0.1, 0.15) is 133 Å². The molecule has 0 N–H and O–H groups in total. The van der Waals surface area contributed by atoms with E-state index in [1.54, 1.807) is 45.9 Å². The summed E-state index contributed by atoms with van der Waals surface area (Å²) in [6, 6.07) is -3.52. The Morgan fingerprint density at radius 1 is 0.484 bits per heavy atom. The maximum Gasteiger partial charge on any atom is 0.424 e. The minimum atomic E-state index is -4.86. The van der Waals surface area contributed by atoms with Crippen molar-refractivity contribution in [3.8, 4) is 0 Å². The Balaban J connectivity index is 2.06. The third-order valence-electron chi connectivity index (χ3n) is 14.1. The van der Waals surface area contributed by atoms with E-state index in [1.165, 1.54) is 27.7 Å². The van der Waals surface area contributed by atoms with Crippen molar-refractivity contribution < 1.29 is 107 Å². The first-order valence-electron chi connectivity index (χ1n) is 29.8. The van der Waals surface area contributed by atoms with E-state index in [2.05, 4.69) is 17.2 Å². The van der Waals surface area contributed by atoms with Crippen LogP contribution in [0.25, 0.3) is 0 Å². The molecular weight excluding hydrogens is 1240 g/mol. The molecule has 0 bridgehead atoms. The van der Waals surface area contributed by atoms with Gasteiger partial charge in [-0.1, -0.05) is 68.8 Å². The first kappa shape index (κ1) is 79.0. The number of carbonyl (C=O) groups is 9. The predicted molar refractivity (Wildman–Crippen MR) is 321 cm³/mol. The monoisotopic (exact) mass is 1320 g/mol. The molecule has 0 aromatic heterocycles. The number of amides is 4. The molecule has 0 saturated heterocycles. The van der Waals surface area contributed by atoms with E-state index >= 15 is 8.78 Å². The molecule has 0 spiro atoms. The molecule has 0 aliphatic heterocycles. The highest BCUT2D eigenvalue weighted by molar-refractivity contribution is 5.93. The van der Waals surface area contributed by atoms with Crippen LogP contribution in [0, 0.1) is 11.8 Å². The van der Waals surface area contributed by atoms with Crippen LogP contribution in [0.2, 0.25) is 0 Å². The Labute approximate surface area is 536 Å². The molecule has 2 aliphatic carbocycles. The predicted octanol–water partition coefficient (Wildman–Crippen LogP) is 10.5. The third-order valence-corrected chi connectivity index (χ3v) is 14.1. The van der Waals surface area contributed by atoms with Crippen molar-refractivity contribution in [1.82, 2.24) is 19.6 Å². The van der Waals surface area contributed by atoms with Crippen LogP contribution in [0.4, 0.5) is 39.9 Å². The van der Waals surface area contributed by atoms with E-state index in [0.717, 1.165) is 95.7 Å². The van der Waals surface area contributed by atoms with Crippen molar-refractivity contribution in [2.45, 2.75) is 206 Å². The van der Waals surface area contributed by atoms with Crippen molar-refractivity contribution in [2.24, 2.45) is 11.8 Å². The van der Waals surface area contributed by atoms with Gasteiger partial charge in [-0.25, -0.2) is 37.5 Å². The van der Waals surface area contributed by atoms with Crippen LogP contribution in [0.15, 0.2) is 94.3 Å². The lowest BCUT2D eigenvalue weighted by Crippen LogP contribution is -2.54. The fourth-order valence-electron chi connectivity index (χ4n) is 9.14. The molecule has 3 rings (SSSR count). The summed E-state index contributed by atoms with van der Waals surface area (Å²) in [5.74, 6) is -10.5. The van der Waals surface area contributed by atoms with E-state index < -0.39 is 174 Å². The van der Waals surface area contributed by atoms with Crippen LogP contribution in [-0.2, 0) is 79.4 Å². The number of ether oxygens (including phenoxy) is 6. The summed E-state index contributed by atoms with van der Waals surface area (Å²) < 4.78 is 146. The van der Waals surface area contributed by atoms with E-state index in [0.29, 0.717) is 28.7 Å². The van der Waals surface area contributed by atoms with E-state index in [9.17, 15) is 69.5 Å². The number of halogens is 8. The van der Waals surface area contributed by atoms with Crippen molar-refractivity contribution in [2.75, 3.05) is 34.8 Å². The summed E-state index contributed by atoms with van der Waals surface area (Å²) in [5.41, 5.74) is 2.06. The summed E-state index contributed by atoms with van der Waals surface area (Å²) in [6.45, 7) is 17.5. The van der Waals surface area contributed by atoms with Crippen molar-refractivity contribution in [3.05, 3.63) is 105 Å². The van der Waals surface area contributed by atoms with Crippen LogP contribution in [-0.4, -0.2) is 180 Å². The zero-order valence-corrected chi connectivity index (χ0v) is 55.4. The number of rotatable bonds is 30. The lowest BCUT2D eigenvalue weighted by molar-refractivity contribution is -0.175. The lowest BCUT2D eigenvalue weighted by atomic mass is 9.98. The summed E-state index contributed by atoms with van der Waals surface area (Å²) in [4.78, 5) is 130. The molecule has 2 aliphatic rings. The Morgan fingerprint density at radius 2 is 0.935 bits per heavy atom. The minimum Gasteiger partial charge on any atom is -0.457 e. The number of alkyl halides is 8. The fraction of sp³-hybridized carbons (Fsp3) is 0.591. The van der Waals surface area contributed by atoms with E-state index in [-0.39, 0.29) is 36.5 Å². The molecule has 93 heavy (non-hydrogen) atoms. The number of hydrogen-bond donors (Lipinski definition) is 0. The summed E-state index contributed by atoms with van der Waals surface area (Å²) in [7, 11) is 4.34.